The molecular formula is C14H24O4. The second-order valence-corrected chi connectivity index (χ2v) is 5.45. The predicted molar refractivity (Wildman–Crippen MR) is 70.1 cm³/mol. The van der Waals surface area contributed by atoms with Crippen molar-refractivity contribution < 1.29 is 19.4 Å². The summed E-state index contributed by atoms with van der Waals surface area (Å²) in [7, 11) is 1.24. The van der Waals surface area contributed by atoms with E-state index in [1.54, 1.807) is 26.8 Å². The SMILES string of the molecule is CC/C=C/CC(O)(CC(=O)OC)C(=O)C(C)(C)C. The van der Waals surface area contributed by atoms with E-state index in [0.29, 0.717) is 0 Å². The molecule has 0 radical (unpaired) electrons. The standard InChI is InChI=1S/C14H24O4/c1-6-7-8-9-14(17,10-11(15)18-5)12(16)13(2,3)4/h7-8,17H,6,9-10H2,1-5H3/b8-7+. The van der Waals surface area contributed by atoms with Crippen LogP contribution in [0.2, 0.25) is 0 Å². The van der Waals surface area contributed by atoms with Gasteiger partial charge in [0.05, 0.1) is 13.5 Å². The Labute approximate surface area is 109 Å². The fourth-order valence-electron chi connectivity index (χ4n) is 1.70. The Kier molecular flexibility index (Phi) is 6.26. The second kappa shape index (κ2) is 6.69. The normalized spacial score (nSPS) is 15.4. The van der Waals surface area contributed by atoms with Crippen molar-refractivity contribution in [1.29, 1.82) is 0 Å². The third-order valence-electron chi connectivity index (χ3n) is 2.63. The van der Waals surface area contributed by atoms with Gasteiger partial charge in [0.25, 0.3) is 0 Å². The molecule has 1 unspecified atom stereocenters. The minimum absolute atomic E-state index is 0.131. The number of Topliss-reactive ketones (excluding diaryl/α,β-unsaturated/α-hetero) is 1. The molecule has 0 heterocycles. The van der Waals surface area contributed by atoms with Crippen molar-refractivity contribution in [1.82, 2.24) is 0 Å². The van der Waals surface area contributed by atoms with Crippen molar-refractivity contribution in [3.8, 4) is 0 Å². The molecule has 0 aliphatic rings. The summed E-state index contributed by atoms with van der Waals surface area (Å²) in [5.74, 6) is -0.929. The van der Waals surface area contributed by atoms with Crippen molar-refractivity contribution in [2.75, 3.05) is 7.11 Å². The molecule has 0 aliphatic carbocycles. The van der Waals surface area contributed by atoms with Gasteiger partial charge < -0.3 is 9.84 Å². The maximum Gasteiger partial charge on any atom is 0.308 e. The van der Waals surface area contributed by atoms with Gasteiger partial charge in [0, 0.05) is 11.8 Å². The van der Waals surface area contributed by atoms with E-state index < -0.39 is 17.0 Å². The summed E-state index contributed by atoms with van der Waals surface area (Å²) < 4.78 is 4.54. The van der Waals surface area contributed by atoms with Crippen LogP contribution in [0.25, 0.3) is 0 Å². The van der Waals surface area contributed by atoms with E-state index >= 15 is 0 Å². The molecule has 4 heteroatoms. The fraction of sp³-hybridized carbons (Fsp3) is 0.714. The van der Waals surface area contributed by atoms with Crippen LogP contribution in [-0.4, -0.2) is 29.6 Å². The molecule has 0 bridgehead atoms. The molecule has 0 aliphatic heterocycles. The Bertz CT molecular complexity index is 325. The lowest BCUT2D eigenvalue weighted by Gasteiger charge is -2.31. The zero-order valence-corrected chi connectivity index (χ0v) is 11.9. The summed E-state index contributed by atoms with van der Waals surface area (Å²) in [6.45, 7) is 7.13. The van der Waals surface area contributed by atoms with Gasteiger partial charge in [-0.15, -0.1) is 0 Å². The van der Waals surface area contributed by atoms with Crippen molar-refractivity contribution in [2.45, 2.75) is 52.6 Å². The monoisotopic (exact) mass is 256 g/mol. The van der Waals surface area contributed by atoms with Gasteiger partial charge in [-0.05, 0) is 6.42 Å². The van der Waals surface area contributed by atoms with Gasteiger partial charge in [0.15, 0.2) is 5.78 Å². The number of carbonyl (C=O) groups excluding carboxylic acids is 2. The van der Waals surface area contributed by atoms with E-state index in [1.807, 2.05) is 13.0 Å². The lowest BCUT2D eigenvalue weighted by Crippen LogP contribution is -2.46. The van der Waals surface area contributed by atoms with Gasteiger partial charge in [-0.3, -0.25) is 9.59 Å². The van der Waals surface area contributed by atoms with Crippen LogP contribution in [0.15, 0.2) is 12.2 Å². The highest BCUT2D eigenvalue weighted by Gasteiger charge is 2.43. The predicted octanol–water partition coefficient (Wildman–Crippen LogP) is 2.25. The number of ketones is 1. The quantitative estimate of drug-likeness (QED) is 0.585. The highest BCUT2D eigenvalue weighted by molar-refractivity contribution is 5.94. The molecule has 0 spiro atoms. The van der Waals surface area contributed by atoms with Crippen molar-refractivity contribution >= 4 is 11.8 Å². The number of aliphatic hydroxyl groups is 1. The molecule has 0 aromatic carbocycles. The highest BCUT2D eigenvalue weighted by Crippen LogP contribution is 2.29. The molecule has 0 saturated carbocycles. The summed E-state index contributed by atoms with van der Waals surface area (Å²) in [6.07, 6.45) is 4.22. The molecule has 104 valence electrons. The first-order valence-corrected chi connectivity index (χ1v) is 6.16. The molecule has 0 rings (SSSR count). The van der Waals surface area contributed by atoms with E-state index in [4.69, 9.17) is 0 Å². The van der Waals surface area contributed by atoms with E-state index in [9.17, 15) is 14.7 Å². The van der Waals surface area contributed by atoms with Crippen LogP contribution in [-0.2, 0) is 14.3 Å². The fourth-order valence-corrected chi connectivity index (χ4v) is 1.70. The minimum atomic E-state index is -1.68. The minimum Gasteiger partial charge on any atom is -0.469 e. The maximum absolute atomic E-state index is 12.2. The van der Waals surface area contributed by atoms with Gasteiger partial charge in [-0.1, -0.05) is 39.8 Å². The molecule has 0 aromatic rings. The number of ether oxygens (including phenoxy) is 1. The summed E-state index contributed by atoms with van der Waals surface area (Å²) >= 11 is 0. The van der Waals surface area contributed by atoms with Crippen molar-refractivity contribution in [3.63, 3.8) is 0 Å². The van der Waals surface area contributed by atoms with E-state index in [2.05, 4.69) is 4.74 Å². The van der Waals surface area contributed by atoms with Crippen LogP contribution in [0.3, 0.4) is 0 Å². The number of methoxy groups -OCH3 is 1. The first-order chi connectivity index (χ1) is 8.17. The Morgan fingerprint density at radius 1 is 1.22 bits per heavy atom. The topological polar surface area (TPSA) is 63.6 Å². The van der Waals surface area contributed by atoms with Crippen molar-refractivity contribution in [3.05, 3.63) is 12.2 Å². The molecule has 0 aromatic heterocycles. The van der Waals surface area contributed by atoms with Gasteiger partial charge in [0.2, 0.25) is 0 Å². The average Bonchev–Trinajstić information content (AvgIpc) is 2.27. The van der Waals surface area contributed by atoms with E-state index in [0.717, 1.165) is 6.42 Å². The Morgan fingerprint density at radius 3 is 2.17 bits per heavy atom. The summed E-state index contributed by atoms with van der Waals surface area (Å²) in [5, 5.41) is 10.4. The molecule has 18 heavy (non-hydrogen) atoms. The van der Waals surface area contributed by atoms with Gasteiger partial charge in [-0.25, -0.2) is 0 Å². The van der Waals surface area contributed by atoms with Crippen LogP contribution in [0.4, 0.5) is 0 Å². The molecule has 1 atom stereocenters. The van der Waals surface area contributed by atoms with Gasteiger partial charge in [0.1, 0.15) is 5.60 Å². The average molecular weight is 256 g/mol. The van der Waals surface area contributed by atoms with Gasteiger partial charge >= 0.3 is 5.97 Å². The number of hydrogen-bond acceptors (Lipinski definition) is 4. The first kappa shape index (κ1) is 16.8. The largest absolute Gasteiger partial charge is 0.469 e. The van der Waals surface area contributed by atoms with E-state index in [1.165, 1.54) is 7.11 Å². The van der Waals surface area contributed by atoms with E-state index in [-0.39, 0.29) is 18.6 Å². The zero-order chi connectivity index (χ0) is 14.4. The summed E-state index contributed by atoms with van der Waals surface area (Å²) in [5.41, 5.74) is -2.39. The molecule has 0 amide bonds. The number of rotatable bonds is 6. The van der Waals surface area contributed by atoms with Crippen LogP contribution in [0.5, 0.6) is 0 Å². The molecule has 0 fully saturated rings. The number of hydrogen-bond donors (Lipinski definition) is 1. The molecular weight excluding hydrogens is 232 g/mol. The first-order valence-electron chi connectivity index (χ1n) is 6.16. The van der Waals surface area contributed by atoms with Crippen molar-refractivity contribution in [2.24, 2.45) is 5.41 Å². The Morgan fingerprint density at radius 2 is 1.78 bits per heavy atom. The van der Waals surface area contributed by atoms with Crippen LogP contribution < -0.4 is 0 Å². The number of esters is 1. The lowest BCUT2D eigenvalue weighted by molar-refractivity contribution is -0.157. The molecule has 4 nitrogen and oxygen atoms in total. The van der Waals surface area contributed by atoms with Crippen LogP contribution >= 0.6 is 0 Å². The van der Waals surface area contributed by atoms with Crippen LogP contribution in [0.1, 0.15) is 47.0 Å². The maximum atomic E-state index is 12.2. The zero-order valence-electron chi connectivity index (χ0n) is 11.9. The van der Waals surface area contributed by atoms with Gasteiger partial charge in [-0.2, -0.15) is 0 Å². The third kappa shape index (κ3) is 5.00. The Balaban J connectivity index is 5.08. The summed E-state index contributed by atoms with van der Waals surface area (Å²) in [4.78, 5) is 23.6. The second-order valence-electron chi connectivity index (χ2n) is 5.45. The highest BCUT2D eigenvalue weighted by atomic mass is 16.5. The molecule has 0 saturated heterocycles. The van der Waals surface area contributed by atoms with Crippen LogP contribution in [0, 0.1) is 5.41 Å². The number of carbonyl (C=O) groups is 2. The number of allylic oxidation sites excluding steroid dienone is 1. The Hall–Kier alpha value is -1.16. The third-order valence-corrected chi connectivity index (χ3v) is 2.63. The lowest BCUT2D eigenvalue weighted by atomic mass is 9.77. The summed E-state index contributed by atoms with van der Waals surface area (Å²) in [6, 6.07) is 0. The molecule has 1 N–H and O–H groups in total. The smallest absolute Gasteiger partial charge is 0.308 e.